The maximum Gasteiger partial charge on any atom is 0.0212 e. The summed E-state index contributed by atoms with van der Waals surface area (Å²) in [5, 5.41) is 4.22. The molecule has 0 bridgehead atoms. The zero-order valence-corrected chi connectivity index (χ0v) is 14.3. The molecule has 0 fully saturated rings. The first kappa shape index (κ1) is 16.6. The molecule has 0 saturated heterocycles. The molecule has 0 spiro atoms. The molecule has 1 aromatic rings. The molecule has 0 aliphatic rings. The van der Waals surface area contributed by atoms with Gasteiger partial charge in [-0.05, 0) is 56.9 Å². The minimum Gasteiger partial charge on any atom is -0.308 e. The van der Waals surface area contributed by atoms with Gasteiger partial charge in [0.2, 0.25) is 0 Å². The van der Waals surface area contributed by atoms with Crippen LogP contribution in [0.2, 0.25) is 0 Å². The Kier molecular flexibility index (Phi) is 5.94. The monoisotopic (exact) mass is 279 g/mol. The molecule has 0 amide bonds. The van der Waals surface area contributed by atoms with Crippen molar-refractivity contribution in [1.82, 2.24) is 5.32 Å². The van der Waals surface area contributed by atoms with Crippen LogP contribution in [-0.4, -0.2) is 10.8 Å². The molecule has 0 radical (unpaired) electrons. The maximum absolute atomic E-state index is 3.55. The van der Waals surface area contributed by atoms with Crippen molar-refractivity contribution in [2.75, 3.05) is 0 Å². The van der Waals surface area contributed by atoms with E-state index in [1.165, 1.54) is 16.0 Å². The summed E-state index contributed by atoms with van der Waals surface area (Å²) in [6, 6.07) is 6.85. The third kappa shape index (κ3) is 6.01. The van der Waals surface area contributed by atoms with E-state index in [1.807, 2.05) is 11.8 Å². The maximum atomic E-state index is 3.55. The van der Waals surface area contributed by atoms with E-state index in [1.54, 1.807) is 0 Å². The van der Waals surface area contributed by atoms with E-state index in [-0.39, 0.29) is 5.54 Å². The lowest BCUT2D eigenvalue weighted by atomic mass is 10.1. The van der Waals surface area contributed by atoms with Crippen molar-refractivity contribution in [1.29, 1.82) is 0 Å². The highest BCUT2D eigenvalue weighted by Gasteiger charge is 2.11. The van der Waals surface area contributed by atoms with Crippen LogP contribution < -0.4 is 5.32 Å². The second kappa shape index (κ2) is 6.81. The summed E-state index contributed by atoms with van der Waals surface area (Å²) < 4.78 is 0. The molecular weight excluding hydrogens is 250 g/mol. The third-order valence-corrected chi connectivity index (χ3v) is 4.83. The Hall–Kier alpha value is -0.470. The zero-order chi connectivity index (χ0) is 14.6. The van der Waals surface area contributed by atoms with Gasteiger partial charge in [-0.15, -0.1) is 11.8 Å². The summed E-state index contributed by atoms with van der Waals surface area (Å²) in [5.41, 5.74) is 2.96. The number of nitrogens with one attached hydrogen (secondary N) is 1. The summed E-state index contributed by atoms with van der Waals surface area (Å²) in [4.78, 5) is 1.39. The minimum absolute atomic E-state index is 0.173. The Labute approximate surface area is 123 Å². The fourth-order valence-electron chi connectivity index (χ4n) is 1.65. The SMILES string of the molecule is Cc1cc(SC(C)C(C)C)ccc1CNC(C)(C)C. The molecule has 1 nitrogen and oxygen atoms in total. The van der Waals surface area contributed by atoms with Gasteiger partial charge in [0.15, 0.2) is 0 Å². The molecule has 0 aliphatic heterocycles. The number of hydrogen-bond donors (Lipinski definition) is 1. The fourth-order valence-corrected chi connectivity index (χ4v) is 2.74. The first-order valence-corrected chi connectivity index (χ1v) is 8.08. The van der Waals surface area contributed by atoms with Gasteiger partial charge in [-0.1, -0.05) is 26.8 Å². The average Bonchev–Trinajstić information content (AvgIpc) is 2.26. The van der Waals surface area contributed by atoms with Crippen LogP contribution in [-0.2, 0) is 6.54 Å². The minimum atomic E-state index is 0.173. The van der Waals surface area contributed by atoms with Crippen molar-refractivity contribution in [2.45, 2.75) is 70.7 Å². The second-order valence-corrected chi connectivity index (χ2v) is 8.21. The molecule has 108 valence electrons. The first-order valence-electron chi connectivity index (χ1n) is 7.20. The van der Waals surface area contributed by atoms with Gasteiger partial charge in [0, 0.05) is 22.2 Å². The average molecular weight is 279 g/mol. The Morgan fingerprint density at radius 2 is 1.79 bits per heavy atom. The number of benzene rings is 1. The van der Waals surface area contributed by atoms with Gasteiger partial charge in [-0.25, -0.2) is 0 Å². The largest absolute Gasteiger partial charge is 0.308 e. The predicted molar refractivity (Wildman–Crippen MR) is 87.9 cm³/mol. The highest BCUT2D eigenvalue weighted by molar-refractivity contribution is 8.00. The van der Waals surface area contributed by atoms with Crippen molar-refractivity contribution >= 4 is 11.8 Å². The Morgan fingerprint density at radius 1 is 1.16 bits per heavy atom. The lowest BCUT2D eigenvalue weighted by Crippen LogP contribution is -2.35. The predicted octanol–water partition coefficient (Wildman–Crippen LogP) is 5.02. The van der Waals surface area contributed by atoms with E-state index in [0.717, 1.165) is 6.54 Å². The quantitative estimate of drug-likeness (QED) is 0.760. The molecule has 1 rings (SSSR count). The molecule has 0 aromatic heterocycles. The van der Waals surface area contributed by atoms with Gasteiger partial charge in [0.25, 0.3) is 0 Å². The number of aryl methyl sites for hydroxylation is 1. The number of hydrogen-bond acceptors (Lipinski definition) is 2. The zero-order valence-electron chi connectivity index (χ0n) is 13.5. The van der Waals surface area contributed by atoms with E-state index in [9.17, 15) is 0 Å². The standard InChI is InChI=1S/C17H29NS/c1-12(2)14(4)19-16-9-8-15(13(3)10-16)11-18-17(5,6)7/h8-10,12,14,18H,11H2,1-7H3. The summed E-state index contributed by atoms with van der Waals surface area (Å²) in [6.45, 7) is 16.6. The molecule has 1 atom stereocenters. The molecule has 19 heavy (non-hydrogen) atoms. The molecule has 1 unspecified atom stereocenters. The summed E-state index contributed by atoms with van der Waals surface area (Å²) in [5.74, 6) is 0.715. The summed E-state index contributed by atoms with van der Waals surface area (Å²) in [7, 11) is 0. The van der Waals surface area contributed by atoms with E-state index in [0.29, 0.717) is 11.2 Å². The molecule has 1 aromatic carbocycles. The van der Waals surface area contributed by atoms with Crippen molar-refractivity contribution in [3.63, 3.8) is 0 Å². The lowest BCUT2D eigenvalue weighted by molar-refractivity contribution is 0.424. The molecule has 2 heteroatoms. The Morgan fingerprint density at radius 3 is 2.26 bits per heavy atom. The smallest absolute Gasteiger partial charge is 0.0212 e. The topological polar surface area (TPSA) is 12.0 Å². The Bertz CT molecular complexity index is 404. The number of rotatable bonds is 5. The van der Waals surface area contributed by atoms with Crippen molar-refractivity contribution in [2.24, 2.45) is 5.92 Å². The normalized spacial score (nSPS) is 13.9. The van der Waals surface area contributed by atoms with E-state index < -0.39 is 0 Å². The van der Waals surface area contributed by atoms with Crippen molar-refractivity contribution in [3.8, 4) is 0 Å². The van der Waals surface area contributed by atoms with Crippen LogP contribution in [0.15, 0.2) is 23.1 Å². The van der Waals surface area contributed by atoms with Gasteiger partial charge < -0.3 is 5.32 Å². The van der Waals surface area contributed by atoms with Gasteiger partial charge in [0.05, 0.1) is 0 Å². The van der Waals surface area contributed by atoms with Crippen LogP contribution in [0.1, 0.15) is 52.7 Å². The molecule has 0 saturated carbocycles. The lowest BCUT2D eigenvalue weighted by Gasteiger charge is -2.22. The summed E-state index contributed by atoms with van der Waals surface area (Å²) in [6.07, 6.45) is 0. The van der Waals surface area contributed by atoms with Crippen LogP contribution in [0, 0.1) is 12.8 Å². The van der Waals surface area contributed by atoms with Crippen LogP contribution in [0.5, 0.6) is 0 Å². The molecular formula is C17H29NS. The van der Waals surface area contributed by atoms with Crippen LogP contribution in [0.25, 0.3) is 0 Å². The highest BCUT2D eigenvalue weighted by atomic mass is 32.2. The molecule has 0 heterocycles. The van der Waals surface area contributed by atoms with E-state index in [2.05, 4.69) is 72.0 Å². The van der Waals surface area contributed by atoms with Crippen molar-refractivity contribution in [3.05, 3.63) is 29.3 Å². The van der Waals surface area contributed by atoms with Gasteiger partial charge >= 0.3 is 0 Å². The van der Waals surface area contributed by atoms with Gasteiger partial charge in [-0.3, -0.25) is 0 Å². The fraction of sp³-hybridized carbons (Fsp3) is 0.647. The van der Waals surface area contributed by atoms with Crippen LogP contribution in [0.4, 0.5) is 0 Å². The third-order valence-electron chi connectivity index (χ3n) is 3.38. The van der Waals surface area contributed by atoms with Gasteiger partial charge in [-0.2, -0.15) is 0 Å². The second-order valence-electron chi connectivity index (χ2n) is 6.76. The molecule has 0 aliphatic carbocycles. The van der Waals surface area contributed by atoms with Crippen molar-refractivity contribution < 1.29 is 0 Å². The molecule has 1 N–H and O–H groups in total. The van der Waals surface area contributed by atoms with Gasteiger partial charge in [0.1, 0.15) is 0 Å². The van der Waals surface area contributed by atoms with E-state index >= 15 is 0 Å². The van der Waals surface area contributed by atoms with Crippen LogP contribution in [0.3, 0.4) is 0 Å². The Balaban J connectivity index is 2.69. The van der Waals surface area contributed by atoms with Crippen LogP contribution >= 0.6 is 11.8 Å². The summed E-state index contributed by atoms with van der Waals surface area (Å²) >= 11 is 1.98. The first-order chi connectivity index (χ1) is 8.69. The highest BCUT2D eigenvalue weighted by Crippen LogP contribution is 2.29. The van der Waals surface area contributed by atoms with E-state index in [4.69, 9.17) is 0 Å². The number of thioether (sulfide) groups is 1.